The highest BCUT2D eigenvalue weighted by molar-refractivity contribution is 9.10. The molecule has 1 N–H and O–H groups in total. The summed E-state index contributed by atoms with van der Waals surface area (Å²) in [5.41, 5.74) is 2.05. The van der Waals surface area contributed by atoms with Crippen LogP contribution in [0.4, 0.5) is 0 Å². The van der Waals surface area contributed by atoms with E-state index in [4.69, 9.17) is 17.0 Å². The highest BCUT2D eigenvalue weighted by Crippen LogP contribution is 2.16. The molecule has 0 spiro atoms. The minimum Gasteiger partial charge on any atom is -0.489 e. The zero-order valence-electron chi connectivity index (χ0n) is 14.4. The fraction of sp³-hybridized carbons (Fsp3) is 0.211. The number of ether oxygens (including phenoxy) is 1. The maximum absolute atomic E-state index is 5.87. The molecule has 3 rings (SSSR count). The van der Waals surface area contributed by atoms with Gasteiger partial charge in [0.25, 0.3) is 0 Å². The Kier molecular flexibility index (Phi) is 6.35. The standard InChI is InChI=1S/C19H19BrN4OS/c1-2-4-18-22-23-19(26)24(18)21-12-15-5-3-6-17(11-15)25-13-14-7-9-16(20)10-8-14/h3,5-12H,2,4,13H2,1H3,(H,23,26)/b21-12+. The highest BCUT2D eigenvalue weighted by Gasteiger charge is 2.03. The first-order chi connectivity index (χ1) is 12.7. The Hall–Kier alpha value is -2.25. The van der Waals surface area contributed by atoms with E-state index >= 15 is 0 Å². The van der Waals surface area contributed by atoms with Crippen LogP contribution in [-0.4, -0.2) is 21.1 Å². The van der Waals surface area contributed by atoms with Crippen molar-refractivity contribution in [3.8, 4) is 5.75 Å². The van der Waals surface area contributed by atoms with E-state index in [1.54, 1.807) is 10.9 Å². The summed E-state index contributed by atoms with van der Waals surface area (Å²) in [5.74, 6) is 1.62. The second kappa shape index (κ2) is 8.91. The molecular formula is C19H19BrN4OS. The van der Waals surface area contributed by atoms with Crippen LogP contribution in [0, 0.1) is 4.77 Å². The van der Waals surface area contributed by atoms with E-state index in [-0.39, 0.29) is 0 Å². The van der Waals surface area contributed by atoms with Gasteiger partial charge in [-0.1, -0.05) is 47.1 Å². The lowest BCUT2D eigenvalue weighted by Gasteiger charge is -2.07. The van der Waals surface area contributed by atoms with Crippen LogP contribution in [0.5, 0.6) is 5.75 Å². The Bertz CT molecular complexity index is 947. The van der Waals surface area contributed by atoms with E-state index in [0.29, 0.717) is 11.4 Å². The molecule has 26 heavy (non-hydrogen) atoms. The number of hydrogen-bond donors (Lipinski definition) is 1. The summed E-state index contributed by atoms with van der Waals surface area (Å²) < 4.78 is 9.08. The smallest absolute Gasteiger partial charge is 0.216 e. The molecule has 134 valence electrons. The van der Waals surface area contributed by atoms with Gasteiger partial charge in [0.2, 0.25) is 4.77 Å². The van der Waals surface area contributed by atoms with Crippen LogP contribution in [-0.2, 0) is 13.0 Å². The van der Waals surface area contributed by atoms with Gasteiger partial charge in [-0.2, -0.15) is 14.9 Å². The number of hydrogen-bond acceptors (Lipinski definition) is 4. The Labute approximate surface area is 165 Å². The van der Waals surface area contributed by atoms with E-state index in [2.05, 4.69) is 38.2 Å². The number of rotatable bonds is 7. The minimum atomic E-state index is 0.493. The summed E-state index contributed by atoms with van der Waals surface area (Å²) >= 11 is 8.67. The zero-order chi connectivity index (χ0) is 18.4. The maximum atomic E-state index is 5.87. The first kappa shape index (κ1) is 18.5. The number of benzene rings is 2. The number of nitrogens with one attached hydrogen (secondary N) is 1. The lowest BCUT2D eigenvalue weighted by Crippen LogP contribution is -1.99. The monoisotopic (exact) mass is 430 g/mol. The summed E-state index contributed by atoms with van der Waals surface area (Å²) in [6.45, 7) is 2.61. The summed E-state index contributed by atoms with van der Waals surface area (Å²) in [5, 5.41) is 11.5. The molecule has 0 atom stereocenters. The van der Waals surface area contributed by atoms with E-state index in [9.17, 15) is 0 Å². The number of halogens is 1. The normalized spacial score (nSPS) is 11.2. The summed E-state index contributed by atoms with van der Waals surface area (Å²) in [6.07, 6.45) is 3.56. The first-order valence-electron chi connectivity index (χ1n) is 8.33. The van der Waals surface area contributed by atoms with Gasteiger partial charge in [-0.15, -0.1) is 0 Å². The van der Waals surface area contributed by atoms with Crippen LogP contribution in [0.15, 0.2) is 58.1 Å². The quantitative estimate of drug-likeness (QED) is 0.418. The second-order valence-corrected chi connectivity index (χ2v) is 7.04. The zero-order valence-corrected chi connectivity index (χ0v) is 16.8. The number of aromatic amines is 1. The van der Waals surface area contributed by atoms with Crippen LogP contribution in [0.1, 0.15) is 30.3 Å². The minimum absolute atomic E-state index is 0.493. The molecule has 0 aliphatic rings. The molecule has 2 aromatic carbocycles. The molecule has 0 radical (unpaired) electrons. The van der Waals surface area contributed by atoms with Crippen LogP contribution in [0.2, 0.25) is 0 Å². The second-order valence-electron chi connectivity index (χ2n) is 5.74. The number of nitrogens with zero attached hydrogens (tertiary/aromatic N) is 3. The Morgan fingerprint density at radius 1 is 1.27 bits per heavy atom. The molecule has 5 nitrogen and oxygen atoms in total. The van der Waals surface area contributed by atoms with Gasteiger partial charge >= 0.3 is 0 Å². The fourth-order valence-electron chi connectivity index (χ4n) is 2.39. The van der Waals surface area contributed by atoms with Crippen molar-refractivity contribution < 1.29 is 4.74 Å². The molecule has 7 heteroatoms. The van der Waals surface area contributed by atoms with E-state index in [1.165, 1.54) is 0 Å². The van der Waals surface area contributed by atoms with Gasteiger partial charge in [0.15, 0.2) is 5.82 Å². The lowest BCUT2D eigenvalue weighted by molar-refractivity contribution is 0.306. The van der Waals surface area contributed by atoms with Crippen molar-refractivity contribution in [2.24, 2.45) is 5.10 Å². The number of aryl methyl sites for hydroxylation is 1. The Balaban J connectivity index is 1.70. The van der Waals surface area contributed by atoms with Gasteiger partial charge in [-0.3, -0.25) is 5.10 Å². The van der Waals surface area contributed by atoms with Gasteiger partial charge in [0.05, 0.1) is 6.21 Å². The van der Waals surface area contributed by atoms with Crippen molar-refractivity contribution in [1.29, 1.82) is 0 Å². The number of aromatic nitrogens is 3. The van der Waals surface area contributed by atoms with E-state index in [0.717, 1.165) is 40.0 Å². The van der Waals surface area contributed by atoms with Crippen molar-refractivity contribution in [3.63, 3.8) is 0 Å². The van der Waals surface area contributed by atoms with E-state index in [1.807, 2.05) is 48.5 Å². The number of H-pyrrole nitrogens is 1. The van der Waals surface area contributed by atoms with Gasteiger partial charge in [0, 0.05) is 10.9 Å². The molecule has 0 aliphatic carbocycles. The third kappa shape index (κ3) is 4.89. The maximum Gasteiger partial charge on any atom is 0.216 e. The van der Waals surface area contributed by atoms with Crippen LogP contribution in [0.3, 0.4) is 0 Å². The van der Waals surface area contributed by atoms with Crippen molar-refractivity contribution >= 4 is 34.4 Å². The largest absolute Gasteiger partial charge is 0.489 e. The molecule has 0 bridgehead atoms. The van der Waals surface area contributed by atoms with Crippen LogP contribution >= 0.6 is 28.1 Å². The van der Waals surface area contributed by atoms with E-state index < -0.39 is 0 Å². The summed E-state index contributed by atoms with van der Waals surface area (Å²) in [7, 11) is 0. The van der Waals surface area contributed by atoms with Gasteiger partial charge in [-0.25, -0.2) is 0 Å². The van der Waals surface area contributed by atoms with Crippen molar-refractivity contribution in [1.82, 2.24) is 14.9 Å². The van der Waals surface area contributed by atoms with Crippen molar-refractivity contribution in [3.05, 3.63) is 74.7 Å². The molecule has 0 unspecified atom stereocenters. The van der Waals surface area contributed by atoms with Gasteiger partial charge < -0.3 is 4.74 Å². The van der Waals surface area contributed by atoms with Crippen LogP contribution < -0.4 is 4.74 Å². The topological polar surface area (TPSA) is 55.2 Å². The third-order valence-electron chi connectivity index (χ3n) is 3.69. The van der Waals surface area contributed by atoms with Crippen molar-refractivity contribution in [2.45, 2.75) is 26.4 Å². The third-order valence-corrected chi connectivity index (χ3v) is 4.48. The summed E-state index contributed by atoms with van der Waals surface area (Å²) in [6, 6.07) is 15.9. The average molecular weight is 431 g/mol. The van der Waals surface area contributed by atoms with Gasteiger partial charge in [0.1, 0.15) is 12.4 Å². The molecule has 0 amide bonds. The van der Waals surface area contributed by atoms with Crippen LogP contribution in [0.25, 0.3) is 0 Å². The molecule has 0 saturated heterocycles. The molecule has 0 aliphatic heterocycles. The summed E-state index contributed by atoms with van der Waals surface area (Å²) in [4.78, 5) is 0. The predicted octanol–water partition coefficient (Wildman–Crippen LogP) is 5.12. The fourth-order valence-corrected chi connectivity index (χ4v) is 2.85. The Morgan fingerprint density at radius 3 is 2.85 bits per heavy atom. The molecule has 0 fully saturated rings. The lowest BCUT2D eigenvalue weighted by atomic mass is 10.2. The van der Waals surface area contributed by atoms with Gasteiger partial charge in [-0.05, 0) is 54.0 Å². The molecule has 3 aromatic rings. The molecular weight excluding hydrogens is 412 g/mol. The molecule has 1 aromatic heterocycles. The average Bonchev–Trinajstić information content (AvgIpc) is 3.00. The Morgan fingerprint density at radius 2 is 2.08 bits per heavy atom. The first-order valence-corrected chi connectivity index (χ1v) is 9.54. The SMILES string of the molecule is CCCc1n[nH]c(=S)n1/N=C/c1cccc(OCc2ccc(Br)cc2)c1. The highest BCUT2D eigenvalue weighted by atomic mass is 79.9. The predicted molar refractivity (Wildman–Crippen MR) is 109 cm³/mol. The molecule has 1 heterocycles. The molecule has 0 saturated carbocycles. The van der Waals surface area contributed by atoms with Crippen molar-refractivity contribution in [2.75, 3.05) is 0 Å².